The van der Waals surface area contributed by atoms with Gasteiger partial charge in [0.1, 0.15) is 5.75 Å². The highest BCUT2D eigenvalue weighted by Gasteiger charge is 2.68. The second-order valence-electron chi connectivity index (χ2n) is 8.88. The topological polar surface area (TPSA) is 89.0 Å². The molecule has 0 amide bonds. The van der Waals surface area contributed by atoms with Gasteiger partial charge in [-0.1, -0.05) is 0 Å². The van der Waals surface area contributed by atoms with Crippen LogP contribution in [0.25, 0.3) is 10.1 Å². The predicted molar refractivity (Wildman–Crippen MR) is 102 cm³/mol. The van der Waals surface area contributed by atoms with E-state index in [9.17, 15) is 14.7 Å². The van der Waals surface area contributed by atoms with Gasteiger partial charge in [-0.3, -0.25) is 4.90 Å². The number of carbonyl (C=O) groups excluding carboxylic acids is 2. The first kappa shape index (κ1) is 17.9. The zero-order valence-corrected chi connectivity index (χ0v) is 16.8. The van der Waals surface area contributed by atoms with E-state index in [0.717, 1.165) is 28.6 Å². The number of ether oxygens (including phenoxy) is 2. The van der Waals surface area contributed by atoms with Crippen LogP contribution in [0.2, 0.25) is 0 Å². The second-order valence-corrected chi connectivity index (χ2v) is 9.69. The summed E-state index contributed by atoms with van der Waals surface area (Å²) in [4.78, 5) is 26.5. The van der Waals surface area contributed by atoms with Gasteiger partial charge in [0.2, 0.25) is 5.72 Å². The lowest BCUT2D eigenvalue weighted by atomic mass is 9.79. The molecule has 4 unspecified atom stereocenters. The Balaban J connectivity index is 1.66. The van der Waals surface area contributed by atoms with E-state index in [1.807, 2.05) is 6.07 Å². The smallest absolute Gasteiger partial charge is 0.419 e. The first-order valence-corrected chi connectivity index (χ1v) is 10.3. The zero-order chi connectivity index (χ0) is 19.8. The Kier molecular flexibility index (Phi) is 3.62. The average molecular weight is 402 g/mol. The van der Waals surface area contributed by atoms with Crippen molar-refractivity contribution in [2.75, 3.05) is 0 Å². The zero-order valence-electron chi connectivity index (χ0n) is 16.0. The molecule has 1 N–H and O–H groups in total. The van der Waals surface area contributed by atoms with Gasteiger partial charge in [-0.15, -0.1) is 0 Å². The molecule has 1 aromatic carbocycles. The highest BCUT2D eigenvalue weighted by Crippen LogP contribution is 2.56. The standard InChI is InChI=1S/C20H22N2O5S/c1-19(2,3)22-10-6-7-20(22)16(26-17(24)18(25)27-20)13(8-10)15-12-9-11(23)4-5-14(12)28-21-15/h4-5,9-10,13,16,23H,6-8H2,1-3H3. The predicted octanol–water partition coefficient (Wildman–Crippen LogP) is 2.92. The van der Waals surface area contributed by atoms with E-state index in [-0.39, 0.29) is 23.2 Å². The van der Waals surface area contributed by atoms with Crippen LogP contribution in [0.4, 0.5) is 0 Å². The molecule has 3 fully saturated rings. The van der Waals surface area contributed by atoms with Crippen molar-refractivity contribution in [2.45, 2.75) is 69.4 Å². The fourth-order valence-electron chi connectivity index (χ4n) is 5.45. The Morgan fingerprint density at radius 3 is 2.82 bits per heavy atom. The number of rotatable bonds is 1. The molecule has 5 rings (SSSR count). The van der Waals surface area contributed by atoms with Gasteiger partial charge in [0, 0.05) is 29.3 Å². The van der Waals surface area contributed by atoms with Gasteiger partial charge in [-0.05, 0) is 63.3 Å². The van der Waals surface area contributed by atoms with Crippen LogP contribution in [-0.2, 0) is 19.1 Å². The molecule has 4 heterocycles. The van der Waals surface area contributed by atoms with Crippen LogP contribution in [0.15, 0.2) is 18.2 Å². The van der Waals surface area contributed by atoms with Crippen molar-refractivity contribution >= 4 is 33.6 Å². The second kappa shape index (κ2) is 5.67. The number of benzene rings is 1. The Morgan fingerprint density at radius 1 is 1.29 bits per heavy atom. The van der Waals surface area contributed by atoms with Gasteiger partial charge in [0.15, 0.2) is 6.10 Å². The van der Waals surface area contributed by atoms with Crippen molar-refractivity contribution in [3.8, 4) is 5.75 Å². The number of aromatic nitrogens is 1. The van der Waals surface area contributed by atoms with Crippen LogP contribution in [0, 0.1) is 0 Å². The normalized spacial score (nSPS) is 32.9. The number of aromatic hydroxyl groups is 1. The van der Waals surface area contributed by atoms with E-state index in [4.69, 9.17) is 9.47 Å². The lowest BCUT2D eigenvalue weighted by Crippen LogP contribution is -2.71. The molecule has 0 saturated carbocycles. The molecule has 3 aliphatic heterocycles. The van der Waals surface area contributed by atoms with Gasteiger partial charge in [-0.25, -0.2) is 9.59 Å². The van der Waals surface area contributed by atoms with Gasteiger partial charge < -0.3 is 14.6 Å². The molecule has 0 radical (unpaired) electrons. The van der Waals surface area contributed by atoms with Crippen molar-refractivity contribution in [1.29, 1.82) is 0 Å². The Labute approximate surface area is 166 Å². The molecule has 2 bridgehead atoms. The molecule has 2 aromatic rings. The summed E-state index contributed by atoms with van der Waals surface area (Å²) in [6, 6.07) is 5.38. The largest absolute Gasteiger partial charge is 0.508 e. The van der Waals surface area contributed by atoms with Gasteiger partial charge >= 0.3 is 11.9 Å². The van der Waals surface area contributed by atoms with E-state index >= 15 is 0 Å². The number of hydrogen-bond acceptors (Lipinski definition) is 8. The minimum Gasteiger partial charge on any atom is -0.508 e. The SMILES string of the molecule is CC(C)(C)N1C2CCC13OC(=O)C(=O)OC3C(c1nsc3ccc(O)cc13)C2. The van der Waals surface area contributed by atoms with E-state index in [1.54, 1.807) is 12.1 Å². The number of carbonyl (C=O) groups is 2. The van der Waals surface area contributed by atoms with E-state index in [1.165, 1.54) is 11.5 Å². The van der Waals surface area contributed by atoms with Crippen LogP contribution < -0.4 is 0 Å². The molecule has 0 aliphatic carbocycles. The van der Waals surface area contributed by atoms with E-state index in [2.05, 4.69) is 30.0 Å². The first-order chi connectivity index (χ1) is 13.2. The Morgan fingerprint density at radius 2 is 2.07 bits per heavy atom. The molecule has 1 spiro atoms. The molecule has 28 heavy (non-hydrogen) atoms. The molecule has 3 aliphatic rings. The van der Waals surface area contributed by atoms with Crippen LogP contribution >= 0.6 is 11.5 Å². The highest BCUT2D eigenvalue weighted by atomic mass is 32.1. The Hall–Kier alpha value is -2.19. The number of phenolic OH excluding ortho intramolecular Hbond substituents is 1. The number of hydrogen-bond donors (Lipinski definition) is 1. The fourth-order valence-corrected chi connectivity index (χ4v) is 6.27. The third kappa shape index (κ3) is 2.34. The van der Waals surface area contributed by atoms with Crippen molar-refractivity contribution in [3.63, 3.8) is 0 Å². The summed E-state index contributed by atoms with van der Waals surface area (Å²) < 4.78 is 17.2. The summed E-state index contributed by atoms with van der Waals surface area (Å²) in [6.07, 6.45) is 1.62. The molecular weight excluding hydrogens is 380 g/mol. The summed E-state index contributed by atoms with van der Waals surface area (Å²) in [7, 11) is 0. The van der Waals surface area contributed by atoms with Gasteiger partial charge in [0.05, 0.1) is 10.4 Å². The molecular formula is C20H22N2O5S. The van der Waals surface area contributed by atoms with Crippen molar-refractivity contribution in [1.82, 2.24) is 9.27 Å². The third-order valence-corrected chi connectivity index (χ3v) is 7.01. The average Bonchev–Trinajstić information content (AvgIpc) is 3.14. The summed E-state index contributed by atoms with van der Waals surface area (Å²) in [5.74, 6) is -1.89. The van der Waals surface area contributed by atoms with Crippen LogP contribution in [-0.4, -0.2) is 49.7 Å². The molecule has 8 heteroatoms. The summed E-state index contributed by atoms with van der Waals surface area (Å²) >= 11 is 1.36. The van der Waals surface area contributed by atoms with E-state index < -0.39 is 23.8 Å². The maximum atomic E-state index is 12.2. The minimum atomic E-state index is -0.969. The van der Waals surface area contributed by atoms with Crippen molar-refractivity contribution < 1.29 is 24.2 Å². The van der Waals surface area contributed by atoms with Crippen LogP contribution in [0.1, 0.15) is 51.6 Å². The van der Waals surface area contributed by atoms with Crippen molar-refractivity contribution in [3.05, 3.63) is 23.9 Å². The van der Waals surface area contributed by atoms with Crippen LogP contribution in [0.5, 0.6) is 5.75 Å². The minimum absolute atomic E-state index is 0.172. The number of nitrogens with zero attached hydrogens (tertiary/aromatic N) is 2. The molecule has 4 atom stereocenters. The van der Waals surface area contributed by atoms with Gasteiger partial charge in [-0.2, -0.15) is 4.37 Å². The number of phenols is 1. The fraction of sp³-hybridized carbons (Fsp3) is 0.550. The monoisotopic (exact) mass is 402 g/mol. The molecule has 1 aromatic heterocycles. The Bertz CT molecular complexity index is 996. The van der Waals surface area contributed by atoms with Crippen LogP contribution in [0.3, 0.4) is 0 Å². The number of esters is 2. The summed E-state index contributed by atoms with van der Waals surface area (Å²) in [5, 5.41) is 10.8. The molecule has 7 nitrogen and oxygen atoms in total. The number of fused-ring (bicyclic) bond motifs is 2. The number of piperidine rings is 1. The molecule has 148 valence electrons. The van der Waals surface area contributed by atoms with Gasteiger partial charge in [0.25, 0.3) is 0 Å². The maximum Gasteiger partial charge on any atom is 0.419 e. The maximum absolute atomic E-state index is 12.2. The first-order valence-electron chi connectivity index (χ1n) is 9.52. The lowest BCUT2D eigenvalue weighted by Gasteiger charge is -2.56. The lowest BCUT2D eigenvalue weighted by molar-refractivity contribution is -0.269. The highest BCUT2D eigenvalue weighted by molar-refractivity contribution is 7.13. The summed E-state index contributed by atoms with van der Waals surface area (Å²) in [6.45, 7) is 6.26. The quantitative estimate of drug-likeness (QED) is 0.579. The van der Waals surface area contributed by atoms with E-state index in [0.29, 0.717) is 6.42 Å². The molecule has 3 saturated heterocycles. The summed E-state index contributed by atoms with van der Waals surface area (Å²) in [5.41, 5.74) is -0.420. The third-order valence-electron chi connectivity index (χ3n) is 6.17. The van der Waals surface area contributed by atoms with Crippen molar-refractivity contribution in [2.24, 2.45) is 0 Å².